The van der Waals surface area contributed by atoms with E-state index in [0.717, 1.165) is 11.8 Å². The summed E-state index contributed by atoms with van der Waals surface area (Å²) in [5, 5.41) is 3.46. The van der Waals surface area contributed by atoms with Crippen molar-refractivity contribution in [2.75, 3.05) is 11.9 Å². The summed E-state index contributed by atoms with van der Waals surface area (Å²) in [7, 11) is 0. The van der Waals surface area contributed by atoms with Crippen LogP contribution in [-0.4, -0.2) is 6.54 Å². The van der Waals surface area contributed by atoms with E-state index >= 15 is 0 Å². The van der Waals surface area contributed by atoms with Crippen molar-refractivity contribution in [3.8, 4) is 0 Å². The summed E-state index contributed by atoms with van der Waals surface area (Å²) in [6, 6.07) is 6.41. The minimum absolute atomic E-state index is 0.844. The number of benzene rings is 1. The van der Waals surface area contributed by atoms with Crippen molar-refractivity contribution < 1.29 is 0 Å². The second-order valence-corrected chi connectivity index (χ2v) is 4.54. The lowest BCUT2D eigenvalue weighted by Crippen LogP contribution is -2.11. The van der Waals surface area contributed by atoms with Crippen molar-refractivity contribution in [3.05, 3.63) is 28.2 Å². The SMILES string of the molecule is Brc1cccc2c1[C@@H]1C[C@H]1CN2. The van der Waals surface area contributed by atoms with Crippen molar-refractivity contribution in [1.29, 1.82) is 0 Å². The maximum Gasteiger partial charge on any atom is 0.0387 e. The van der Waals surface area contributed by atoms with Gasteiger partial charge in [-0.15, -0.1) is 0 Å². The van der Waals surface area contributed by atoms with Crippen LogP contribution < -0.4 is 5.32 Å². The van der Waals surface area contributed by atoms with E-state index in [2.05, 4.69) is 39.4 Å². The van der Waals surface area contributed by atoms with E-state index in [-0.39, 0.29) is 0 Å². The van der Waals surface area contributed by atoms with Crippen molar-refractivity contribution in [1.82, 2.24) is 0 Å². The monoisotopic (exact) mass is 223 g/mol. The molecule has 0 unspecified atom stereocenters. The molecular formula is C10H10BrN. The first-order valence-electron chi connectivity index (χ1n) is 4.38. The Hall–Kier alpha value is -0.500. The van der Waals surface area contributed by atoms with Gasteiger partial charge < -0.3 is 5.32 Å². The molecule has 0 bridgehead atoms. The molecule has 2 heteroatoms. The fourth-order valence-corrected chi connectivity index (χ4v) is 2.80. The molecule has 1 aromatic rings. The molecule has 12 heavy (non-hydrogen) atoms. The van der Waals surface area contributed by atoms with Gasteiger partial charge >= 0.3 is 0 Å². The number of halogens is 1. The molecule has 0 radical (unpaired) electrons. The molecule has 2 atom stereocenters. The van der Waals surface area contributed by atoms with Gasteiger partial charge in [0.15, 0.2) is 0 Å². The van der Waals surface area contributed by atoms with Crippen LogP contribution in [0.25, 0.3) is 0 Å². The van der Waals surface area contributed by atoms with Crippen molar-refractivity contribution in [2.24, 2.45) is 5.92 Å². The predicted molar refractivity (Wildman–Crippen MR) is 53.5 cm³/mol. The van der Waals surface area contributed by atoms with Gasteiger partial charge in [0.1, 0.15) is 0 Å². The lowest BCUT2D eigenvalue weighted by Gasteiger charge is -2.18. The Morgan fingerprint density at radius 3 is 3.25 bits per heavy atom. The van der Waals surface area contributed by atoms with Gasteiger partial charge in [-0.2, -0.15) is 0 Å². The smallest absolute Gasteiger partial charge is 0.0387 e. The zero-order valence-electron chi connectivity index (χ0n) is 6.68. The van der Waals surface area contributed by atoms with Crippen LogP contribution in [0.15, 0.2) is 22.7 Å². The van der Waals surface area contributed by atoms with Gasteiger partial charge in [0.05, 0.1) is 0 Å². The van der Waals surface area contributed by atoms with Crippen molar-refractivity contribution in [3.63, 3.8) is 0 Å². The fraction of sp³-hybridized carbons (Fsp3) is 0.400. The van der Waals surface area contributed by atoms with E-state index in [0.29, 0.717) is 0 Å². The number of hydrogen-bond acceptors (Lipinski definition) is 1. The van der Waals surface area contributed by atoms with Crippen molar-refractivity contribution in [2.45, 2.75) is 12.3 Å². The lowest BCUT2D eigenvalue weighted by molar-refractivity contribution is 0.814. The first-order chi connectivity index (χ1) is 5.86. The highest BCUT2D eigenvalue weighted by Crippen LogP contribution is 2.54. The highest BCUT2D eigenvalue weighted by molar-refractivity contribution is 9.10. The summed E-state index contributed by atoms with van der Waals surface area (Å²) < 4.78 is 1.28. The molecule has 1 aromatic carbocycles. The van der Waals surface area contributed by atoms with E-state index in [1.54, 1.807) is 0 Å². The highest BCUT2D eigenvalue weighted by atomic mass is 79.9. The average molecular weight is 224 g/mol. The minimum Gasteiger partial charge on any atom is -0.384 e. The molecular weight excluding hydrogens is 214 g/mol. The van der Waals surface area contributed by atoms with Crippen LogP contribution in [-0.2, 0) is 0 Å². The van der Waals surface area contributed by atoms with Gasteiger partial charge in [0.25, 0.3) is 0 Å². The summed E-state index contributed by atoms with van der Waals surface area (Å²) >= 11 is 3.61. The van der Waals surface area contributed by atoms with Gasteiger partial charge in [-0.25, -0.2) is 0 Å². The van der Waals surface area contributed by atoms with Gasteiger partial charge in [-0.05, 0) is 36.0 Å². The van der Waals surface area contributed by atoms with E-state index < -0.39 is 0 Å². The second-order valence-electron chi connectivity index (χ2n) is 3.68. The molecule has 2 aliphatic rings. The van der Waals surface area contributed by atoms with E-state index in [1.807, 2.05) is 0 Å². The van der Waals surface area contributed by atoms with Gasteiger partial charge in [-0.1, -0.05) is 22.0 Å². The Kier molecular flexibility index (Phi) is 1.31. The first-order valence-corrected chi connectivity index (χ1v) is 5.18. The third kappa shape index (κ3) is 0.845. The Labute approximate surface area is 80.3 Å². The van der Waals surface area contributed by atoms with Gasteiger partial charge in [0, 0.05) is 16.7 Å². The predicted octanol–water partition coefficient (Wildman–Crippen LogP) is 2.98. The minimum atomic E-state index is 0.844. The van der Waals surface area contributed by atoms with Gasteiger partial charge in [-0.3, -0.25) is 0 Å². The second kappa shape index (κ2) is 2.25. The van der Waals surface area contributed by atoms with Gasteiger partial charge in [0.2, 0.25) is 0 Å². The molecule has 1 heterocycles. The molecule has 1 N–H and O–H groups in total. The molecule has 0 spiro atoms. The van der Waals surface area contributed by atoms with Crippen LogP contribution in [0, 0.1) is 5.92 Å². The normalized spacial score (nSPS) is 30.1. The van der Waals surface area contributed by atoms with E-state index in [4.69, 9.17) is 0 Å². The van der Waals surface area contributed by atoms with E-state index in [1.165, 1.54) is 28.7 Å². The zero-order valence-corrected chi connectivity index (χ0v) is 8.26. The Morgan fingerprint density at radius 1 is 1.42 bits per heavy atom. The van der Waals surface area contributed by atoms with Crippen LogP contribution in [0.2, 0.25) is 0 Å². The standard InChI is InChI=1S/C10H10BrN/c11-8-2-1-3-9-10(8)7-4-6(7)5-12-9/h1-3,6-7,12H,4-5H2/t6-,7+/m0/s1. The summed E-state index contributed by atoms with van der Waals surface area (Å²) in [5.41, 5.74) is 2.84. The van der Waals surface area contributed by atoms with E-state index in [9.17, 15) is 0 Å². The molecule has 0 aromatic heterocycles. The summed E-state index contributed by atoms with van der Waals surface area (Å²) in [5.74, 6) is 1.76. The Morgan fingerprint density at radius 2 is 2.33 bits per heavy atom. The first kappa shape index (κ1) is 6.96. The topological polar surface area (TPSA) is 12.0 Å². The number of nitrogens with one attached hydrogen (secondary N) is 1. The summed E-state index contributed by atoms with van der Waals surface area (Å²) in [6.45, 7) is 1.17. The number of rotatable bonds is 0. The van der Waals surface area contributed by atoms with Crippen LogP contribution in [0.5, 0.6) is 0 Å². The molecule has 1 saturated carbocycles. The molecule has 1 fully saturated rings. The van der Waals surface area contributed by atoms with Crippen LogP contribution in [0.1, 0.15) is 17.9 Å². The van der Waals surface area contributed by atoms with Crippen LogP contribution in [0.4, 0.5) is 5.69 Å². The molecule has 1 nitrogen and oxygen atoms in total. The molecule has 0 saturated heterocycles. The molecule has 3 rings (SSSR count). The zero-order chi connectivity index (χ0) is 8.13. The molecule has 0 amide bonds. The maximum absolute atomic E-state index is 3.61. The Bertz CT molecular complexity index is 335. The third-order valence-corrected chi connectivity index (χ3v) is 3.59. The molecule has 62 valence electrons. The van der Waals surface area contributed by atoms with Crippen molar-refractivity contribution >= 4 is 21.6 Å². The third-order valence-electron chi connectivity index (χ3n) is 2.90. The maximum atomic E-state index is 3.61. The quantitative estimate of drug-likeness (QED) is 0.714. The fourth-order valence-electron chi connectivity index (χ4n) is 2.14. The number of anilines is 1. The average Bonchev–Trinajstić information content (AvgIpc) is 2.82. The summed E-state index contributed by atoms with van der Waals surface area (Å²) in [4.78, 5) is 0. The lowest BCUT2D eigenvalue weighted by atomic mass is 10.0. The van der Waals surface area contributed by atoms with Crippen LogP contribution >= 0.6 is 15.9 Å². The van der Waals surface area contributed by atoms with Crippen LogP contribution in [0.3, 0.4) is 0 Å². The summed E-state index contributed by atoms with van der Waals surface area (Å²) in [6.07, 6.45) is 1.38. The highest BCUT2D eigenvalue weighted by Gasteiger charge is 2.43. The molecule has 1 aliphatic heterocycles. The molecule has 1 aliphatic carbocycles. The Balaban J connectivity index is 2.19. The number of hydrogen-bond donors (Lipinski definition) is 1. The number of fused-ring (bicyclic) bond motifs is 3. The largest absolute Gasteiger partial charge is 0.384 e.